The summed E-state index contributed by atoms with van der Waals surface area (Å²) in [6, 6.07) is 21.6. The second-order valence-electron chi connectivity index (χ2n) is 8.72. The first-order valence-corrected chi connectivity index (χ1v) is 11.4. The SMILES string of the molecule is COc1ccccc1CCN(C)C(=O)c1c(-c2ccccc2)c2cc(C)c(C)cc2c(=O)n1C. The Labute approximate surface area is 200 Å². The predicted molar refractivity (Wildman–Crippen MR) is 138 cm³/mol. The molecular formula is C29H30N2O3. The number of aryl methyl sites for hydroxylation is 2. The molecule has 5 nitrogen and oxygen atoms in total. The second-order valence-corrected chi connectivity index (χ2v) is 8.72. The number of hydrogen-bond acceptors (Lipinski definition) is 3. The van der Waals surface area contributed by atoms with Crippen LogP contribution in [0.3, 0.4) is 0 Å². The van der Waals surface area contributed by atoms with Crippen molar-refractivity contribution in [2.45, 2.75) is 20.3 Å². The molecule has 5 heteroatoms. The first kappa shape index (κ1) is 23.3. The van der Waals surface area contributed by atoms with Crippen molar-refractivity contribution in [3.05, 3.63) is 99.5 Å². The Morgan fingerprint density at radius 1 is 0.941 bits per heavy atom. The fourth-order valence-electron chi connectivity index (χ4n) is 4.40. The average Bonchev–Trinajstić information content (AvgIpc) is 2.86. The van der Waals surface area contributed by atoms with Crippen LogP contribution in [0.2, 0.25) is 0 Å². The van der Waals surface area contributed by atoms with Crippen LogP contribution in [-0.2, 0) is 13.5 Å². The fraction of sp³-hybridized carbons (Fsp3) is 0.241. The maximum Gasteiger partial charge on any atom is 0.270 e. The number of aromatic nitrogens is 1. The van der Waals surface area contributed by atoms with E-state index < -0.39 is 0 Å². The maximum atomic E-state index is 13.8. The molecule has 0 atom stereocenters. The molecule has 3 aromatic carbocycles. The van der Waals surface area contributed by atoms with E-state index >= 15 is 0 Å². The highest BCUT2D eigenvalue weighted by molar-refractivity contribution is 6.08. The Balaban J connectivity index is 1.84. The van der Waals surface area contributed by atoms with Gasteiger partial charge >= 0.3 is 0 Å². The van der Waals surface area contributed by atoms with Crippen LogP contribution in [0.15, 0.2) is 71.5 Å². The van der Waals surface area contributed by atoms with Crippen molar-refractivity contribution in [1.82, 2.24) is 9.47 Å². The molecule has 1 aromatic heterocycles. The number of methoxy groups -OCH3 is 1. The summed E-state index contributed by atoms with van der Waals surface area (Å²) in [5, 5.41) is 1.43. The molecule has 0 aliphatic rings. The van der Waals surface area contributed by atoms with Gasteiger partial charge in [0.05, 0.1) is 7.11 Å². The lowest BCUT2D eigenvalue weighted by atomic mass is 9.93. The van der Waals surface area contributed by atoms with Crippen molar-refractivity contribution in [3.63, 3.8) is 0 Å². The summed E-state index contributed by atoms with van der Waals surface area (Å²) >= 11 is 0. The number of fused-ring (bicyclic) bond motifs is 1. The van der Waals surface area contributed by atoms with Crippen LogP contribution in [0, 0.1) is 13.8 Å². The third-order valence-electron chi connectivity index (χ3n) is 6.53. The average molecular weight is 455 g/mol. The van der Waals surface area contributed by atoms with Crippen LogP contribution in [0.4, 0.5) is 0 Å². The van der Waals surface area contributed by atoms with Gasteiger partial charge in [0.25, 0.3) is 11.5 Å². The fourth-order valence-corrected chi connectivity index (χ4v) is 4.40. The highest BCUT2D eigenvalue weighted by Crippen LogP contribution is 2.32. The molecule has 174 valence electrons. The van der Waals surface area contributed by atoms with E-state index in [0.29, 0.717) is 24.0 Å². The Kier molecular flexibility index (Phi) is 6.55. The van der Waals surface area contributed by atoms with Gasteiger partial charge in [0.15, 0.2) is 0 Å². The molecular weight excluding hydrogens is 424 g/mol. The zero-order valence-electron chi connectivity index (χ0n) is 20.4. The van der Waals surface area contributed by atoms with Gasteiger partial charge in [-0.15, -0.1) is 0 Å². The number of likely N-dealkylation sites (N-methyl/N-ethyl adjacent to an activating group) is 1. The summed E-state index contributed by atoms with van der Waals surface area (Å²) in [5.74, 6) is 0.616. The minimum absolute atomic E-state index is 0.167. The van der Waals surface area contributed by atoms with E-state index in [2.05, 4.69) is 0 Å². The number of amides is 1. The van der Waals surface area contributed by atoms with Crippen LogP contribution in [0.1, 0.15) is 27.2 Å². The number of para-hydroxylation sites is 1. The number of nitrogens with zero attached hydrogens (tertiary/aromatic N) is 2. The monoisotopic (exact) mass is 454 g/mol. The van der Waals surface area contributed by atoms with Crippen LogP contribution in [0.25, 0.3) is 21.9 Å². The molecule has 4 rings (SSSR count). The zero-order valence-corrected chi connectivity index (χ0v) is 20.4. The summed E-state index contributed by atoms with van der Waals surface area (Å²) in [7, 11) is 5.11. The van der Waals surface area contributed by atoms with E-state index in [1.54, 1.807) is 26.1 Å². The molecule has 0 bridgehead atoms. The number of hydrogen-bond donors (Lipinski definition) is 0. The van der Waals surface area contributed by atoms with E-state index in [4.69, 9.17) is 4.74 Å². The Morgan fingerprint density at radius 3 is 2.24 bits per heavy atom. The van der Waals surface area contributed by atoms with Crippen LogP contribution >= 0.6 is 0 Å². The molecule has 0 saturated heterocycles. The summed E-state index contributed by atoms with van der Waals surface area (Å²) < 4.78 is 6.96. The van der Waals surface area contributed by atoms with Gasteiger partial charge in [-0.05, 0) is 60.0 Å². The molecule has 34 heavy (non-hydrogen) atoms. The lowest BCUT2D eigenvalue weighted by Crippen LogP contribution is -2.34. The van der Waals surface area contributed by atoms with E-state index in [1.165, 1.54) is 4.57 Å². The number of carbonyl (C=O) groups is 1. The van der Waals surface area contributed by atoms with Gasteiger partial charge in [-0.1, -0.05) is 54.6 Å². The minimum Gasteiger partial charge on any atom is -0.496 e. The van der Waals surface area contributed by atoms with Gasteiger partial charge in [-0.25, -0.2) is 0 Å². The Hall–Kier alpha value is -3.86. The van der Waals surface area contributed by atoms with Gasteiger partial charge < -0.3 is 14.2 Å². The largest absolute Gasteiger partial charge is 0.496 e. The lowest BCUT2D eigenvalue weighted by molar-refractivity contribution is 0.0786. The van der Waals surface area contributed by atoms with Crippen molar-refractivity contribution in [2.75, 3.05) is 20.7 Å². The van der Waals surface area contributed by atoms with Crippen molar-refractivity contribution >= 4 is 16.7 Å². The van der Waals surface area contributed by atoms with Gasteiger partial charge in [0.2, 0.25) is 0 Å². The maximum absolute atomic E-state index is 13.8. The number of benzene rings is 3. The lowest BCUT2D eigenvalue weighted by Gasteiger charge is -2.23. The number of ether oxygens (including phenoxy) is 1. The molecule has 0 N–H and O–H groups in total. The van der Waals surface area contributed by atoms with Gasteiger partial charge in [0, 0.05) is 31.6 Å². The highest BCUT2D eigenvalue weighted by atomic mass is 16.5. The van der Waals surface area contributed by atoms with Crippen LogP contribution in [-0.4, -0.2) is 36.1 Å². The van der Waals surface area contributed by atoms with Gasteiger partial charge in [-0.3, -0.25) is 9.59 Å². The Bertz CT molecular complexity index is 1420. The third-order valence-corrected chi connectivity index (χ3v) is 6.53. The molecule has 1 amide bonds. The predicted octanol–water partition coefficient (Wildman–Crippen LogP) is 5.15. The van der Waals surface area contributed by atoms with Gasteiger partial charge in [-0.2, -0.15) is 0 Å². The number of carbonyl (C=O) groups excluding carboxylic acids is 1. The van der Waals surface area contributed by atoms with E-state index in [9.17, 15) is 9.59 Å². The van der Waals surface area contributed by atoms with Crippen molar-refractivity contribution in [2.24, 2.45) is 7.05 Å². The number of pyridine rings is 1. The number of rotatable bonds is 6. The topological polar surface area (TPSA) is 51.5 Å². The zero-order chi connectivity index (χ0) is 24.4. The molecule has 4 aromatic rings. The summed E-state index contributed by atoms with van der Waals surface area (Å²) in [5.41, 5.74) is 5.10. The smallest absolute Gasteiger partial charge is 0.270 e. The van der Waals surface area contributed by atoms with Crippen LogP contribution < -0.4 is 10.3 Å². The highest BCUT2D eigenvalue weighted by Gasteiger charge is 2.24. The Morgan fingerprint density at radius 2 is 1.56 bits per heavy atom. The van der Waals surface area contributed by atoms with Crippen LogP contribution in [0.5, 0.6) is 5.75 Å². The molecule has 0 saturated carbocycles. The molecule has 1 heterocycles. The summed E-state index contributed by atoms with van der Waals surface area (Å²) in [4.78, 5) is 28.9. The third kappa shape index (κ3) is 4.21. The van der Waals surface area contributed by atoms with Crippen molar-refractivity contribution in [1.29, 1.82) is 0 Å². The summed E-state index contributed by atoms with van der Waals surface area (Å²) in [6.07, 6.45) is 0.646. The first-order valence-electron chi connectivity index (χ1n) is 11.4. The molecule has 0 spiro atoms. The van der Waals surface area contributed by atoms with Gasteiger partial charge in [0.1, 0.15) is 11.4 Å². The van der Waals surface area contributed by atoms with E-state index in [-0.39, 0.29) is 11.5 Å². The minimum atomic E-state index is -0.187. The van der Waals surface area contributed by atoms with Crippen molar-refractivity contribution < 1.29 is 9.53 Å². The molecule has 0 aliphatic heterocycles. The first-order chi connectivity index (χ1) is 16.3. The summed E-state index contributed by atoms with van der Waals surface area (Å²) in [6.45, 7) is 4.52. The normalized spacial score (nSPS) is 11.0. The standard InChI is InChI=1S/C29H30N2O3/c1-19-17-23-24(18-20(19)2)28(32)31(4)27(26(23)22-12-7-6-8-13-22)29(33)30(3)16-15-21-11-9-10-14-25(21)34-5/h6-14,17-18H,15-16H2,1-5H3. The molecule has 0 fully saturated rings. The molecule has 0 radical (unpaired) electrons. The molecule has 0 unspecified atom stereocenters. The van der Waals surface area contributed by atoms with E-state index in [0.717, 1.165) is 39.0 Å². The quantitative estimate of drug-likeness (QED) is 0.405. The van der Waals surface area contributed by atoms with E-state index in [1.807, 2.05) is 80.6 Å². The second kappa shape index (κ2) is 9.56. The van der Waals surface area contributed by atoms with Crippen molar-refractivity contribution in [3.8, 4) is 16.9 Å². The molecule has 0 aliphatic carbocycles.